The second kappa shape index (κ2) is 11.5. The second-order valence-electron chi connectivity index (χ2n) is 10.5. The van der Waals surface area contributed by atoms with Gasteiger partial charge in [0, 0.05) is 34.3 Å². The normalized spacial score (nSPS) is 17.9. The van der Waals surface area contributed by atoms with E-state index >= 15 is 4.39 Å². The summed E-state index contributed by atoms with van der Waals surface area (Å²) in [4.78, 5) is 18.4. The SMILES string of the molecule is CN(C)[C@H]1CC[C@H](N(Cc2cc(-c3ccc(C(F)(F)F)cc3)ccc2F)C(=O)c2sc3ccccc3c2Cl)CC1. The van der Waals surface area contributed by atoms with Gasteiger partial charge >= 0.3 is 6.18 Å². The van der Waals surface area contributed by atoms with Crippen LogP contribution in [0.15, 0.2) is 66.7 Å². The topological polar surface area (TPSA) is 23.6 Å². The van der Waals surface area contributed by atoms with Crippen LogP contribution in [0.5, 0.6) is 0 Å². The van der Waals surface area contributed by atoms with Crippen molar-refractivity contribution in [2.24, 2.45) is 0 Å². The first-order chi connectivity index (χ1) is 19.0. The molecule has 0 radical (unpaired) electrons. The maximum atomic E-state index is 15.2. The van der Waals surface area contributed by atoms with E-state index in [0.717, 1.165) is 47.9 Å². The van der Waals surface area contributed by atoms with Crippen LogP contribution in [0.4, 0.5) is 17.6 Å². The zero-order chi connectivity index (χ0) is 28.6. The predicted molar refractivity (Wildman–Crippen MR) is 153 cm³/mol. The summed E-state index contributed by atoms with van der Waals surface area (Å²) < 4.78 is 55.2. The van der Waals surface area contributed by atoms with Gasteiger partial charge in [-0.1, -0.05) is 48.0 Å². The Bertz CT molecular complexity index is 1510. The fourth-order valence-corrected chi connectivity index (χ4v) is 6.91. The molecule has 1 amide bonds. The average molecular weight is 589 g/mol. The lowest BCUT2D eigenvalue weighted by atomic mass is 9.89. The van der Waals surface area contributed by atoms with Crippen molar-refractivity contribution in [3.63, 3.8) is 0 Å². The minimum absolute atomic E-state index is 0.0288. The van der Waals surface area contributed by atoms with Gasteiger partial charge in [0.25, 0.3) is 5.91 Å². The van der Waals surface area contributed by atoms with Crippen LogP contribution >= 0.6 is 22.9 Å². The monoisotopic (exact) mass is 588 g/mol. The van der Waals surface area contributed by atoms with Gasteiger partial charge in [-0.15, -0.1) is 11.3 Å². The molecule has 9 heteroatoms. The van der Waals surface area contributed by atoms with Crippen LogP contribution in [0.25, 0.3) is 21.2 Å². The molecular weight excluding hydrogens is 560 g/mol. The highest BCUT2D eigenvalue weighted by molar-refractivity contribution is 7.21. The van der Waals surface area contributed by atoms with Crippen LogP contribution in [0.1, 0.15) is 46.5 Å². The highest BCUT2D eigenvalue weighted by atomic mass is 35.5. The first-order valence-electron chi connectivity index (χ1n) is 13.1. The molecule has 0 spiro atoms. The van der Waals surface area contributed by atoms with Crippen LogP contribution in [0.3, 0.4) is 0 Å². The molecule has 210 valence electrons. The maximum Gasteiger partial charge on any atom is 0.416 e. The van der Waals surface area contributed by atoms with Gasteiger partial charge < -0.3 is 9.80 Å². The van der Waals surface area contributed by atoms with E-state index < -0.39 is 17.6 Å². The number of rotatable bonds is 6. The zero-order valence-electron chi connectivity index (χ0n) is 22.1. The molecule has 3 aromatic carbocycles. The molecule has 0 N–H and O–H groups in total. The first-order valence-corrected chi connectivity index (χ1v) is 14.3. The smallest absolute Gasteiger partial charge is 0.330 e. The number of halogens is 5. The molecule has 1 aliphatic carbocycles. The number of benzene rings is 3. The van der Waals surface area contributed by atoms with Crippen LogP contribution in [-0.4, -0.2) is 41.9 Å². The van der Waals surface area contributed by atoms with Gasteiger partial charge in [0.1, 0.15) is 10.7 Å². The Morgan fingerprint density at radius 3 is 2.17 bits per heavy atom. The maximum absolute atomic E-state index is 15.2. The summed E-state index contributed by atoms with van der Waals surface area (Å²) in [7, 11) is 4.10. The van der Waals surface area contributed by atoms with E-state index in [-0.39, 0.29) is 18.5 Å². The quantitative estimate of drug-likeness (QED) is 0.210. The summed E-state index contributed by atoms with van der Waals surface area (Å²) >= 11 is 8.02. The Kier molecular flexibility index (Phi) is 8.22. The number of thiophene rings is 1. The lowest BCUT2D eigenvalue weighted by molar-refractivity contribution is -0.137. The van der Waals surface area contributed by atoms with E-state index in [4.69, 9.17) is 11.6 Å². The van der Waals surface area contributed by atoms with Crippen LogP contribution in [0, 0.1) is 5.82 Å². The van der Waals surface area contributed by atoms with Gasteiger partial charge in [-0.2, -0.15) is 13.2 Å². The summed E-state index contributed by atoms with van der Waals surface area (Å²) in [6.45, 7) is 0.0288. The first kappa shape index (κ1) is 28.6. The fourth-order valence-electron chi connectivity index (χ4n) is 5.45. The Balaban J connectivity index is 1.48. The van der Waals surface area contributed by atoms with Crippen molar-refractivity contribution < 1.29 is 22.4 Å². The molecule has 0 aliphatic heterocycles. The number of alkyl halides is 3. The van der Waals surface area contributed by atoms with Crippen molar-refractivity contribution in [1.82, 2.24) is 9.80 Å². The summed E-state index contributed by atoms with van der Waals surface area (Å²) in [5.74, 6) is -0.711. The minimum atomic E-state index is -4.44. The Labute approximate surface area is 240 Å². The molecule has 1 fully saturated rings. The molecule has 3 nitrogen and oxygen atoms in total. The molecule has 5 rings (SSSR count). The number of fused-ring (bicyclic) bond motifs is 1. The predicted octanol–water partition coefficient (Wildman–Crippen LogP) is 8.89. The third-order valence-corrected chi connectivity index (χ3v) is 9.42. The van der Waals surface area contributed by atoms with Crippen molar-refractivity contribution in [2.75, 3.05) is 14.1 Å². The molecule has 40 heavy (non-hydrogen) atoms. The van der Waals surface area contributed by atoms with Gasteiger partial charge in [0.05, 0.1) is 10.6 Å². The number of carbonyl (C=O) groups excluding carboxylic acids is 1. The lowest BCUT2D eigenvalue weighted by Crippen LogP contribution is -2.44. The van der Waals surface area contributed by atoms with Gasteiger partial charge in [0.2, 0.25) is 0 Å². The van der Waals surface area contributed by atoms with Gasteiger partial charge in [-0.25, -0.2) is 4.39 Å². The Hall–Kier alpha value is -2.94. The second-order valence-corrected chi connectivity index (χ2v) is 11.9. The number of carbonyl (C=O) groups is 1. The standard InChI is InChI=1S/C31H29ClF4N2OS/c1-37(2)23-12-14-24(15-13-23)38(30(39)29-28(32)25-5-3-4-6-27(25)40-29)18-21-17-20(9-16-26(21)33)19-7-10-22(11-8-19)31(34,35)36/h3-11,16-17,23-24H,12-15,18H2,1-2H3/t23-,24-. The van der Waals surface area contributed by atoms with E-state index in [1.165, 1.54) is 29.5 Å². The van der Waals surface area contributed by atoms with Gasteiger partial charge in [-0.3, -0.25) is 4.79 Å². The molecule has 4 aromatic rings. The average Bonchev–Trinajstić information content (AvgIpc) is 3.28. The summed E-state index contributed by atoms with van der Waals surface area (Å²) in [6, 6.07) is 17.1. The summed E-state index contributed by atoms with van der Waals surface area (Å²) in [5, 5.41) is 1.21. The number of nitrogens with zero attached hydrogens (tertiary/aromatic N) is 2. The van der Waals surface area contributed by atoms with E-state index in [2.05, 4.69) is 4.90 Å². The fraction of sp³-hybridized carbons (Fsp3) is 0.323. The van der Waals surface area contributed by atoms with E-state index in [9.17, 15) is 18.0 Å². The zero-order valence-corrected chi connectivity index (χ0v) is 23.7. The number of hydrogen-bond donors (Lipinski definition) is 0. The van der Waals surface area contributed by atoms with Crippen LogP contribution < -0.4 is 0 Å². The van der Waals surface area contributed by atoms with Crippen LogP contribution in [0.2, 0.25) is 5.02 Å². The van der Waals surface area contributed by atoms with Crippen LogP contribution in [-0.2, 0) is 12.7 Å². The summed E-state index contributed by atoms with van der Waals surface area (Å²) in [6.07, 6.45) is -1.06. The molecule has 0 bridgehead atoms. The summed E-state index contributed by atoms with van der Waals surface area (Å²) in [5.41, 5.74) is 0.668. The molecule has 1 heterocycles. The van der Waals surface area contributed by atoms with Crippen molar-refractivity contribution in [1.29, 1.82) is 0 Å². The van der Waals surface area contributed by atoms with Crippen molar-refractivity contribution in [3.05, 3.63) is 93.6 Å². The number of amides is 1. The van der Waals surface area contributed by atoms with Gasteiger partial charge in [-0.05, 0) is 81.2 Å². The molecule has 0 saturated heterocycles. The Morgan fingerprint density at radius 2 is 1.55 bits per heavy atom. The number of hydrogen-bond acceptors (Lipinski definition) is 3. The van der Waals surface area contributed by atoms with Crippen molar-refractivity contribution >= 4 is 38.9 Å². The van der Waals surface area contributed by atoms with Crippen molar-refractivity contribution in [2.45, 2.75) is 50.5 Å². The third kappa shape index (κ3) is 5.90. The lowest BCUT2D eigenvalue weighted by Gasteiger charge is -2.39. The van der Waals surface area contributed by atoms with E-state index in [1.54, 1.807) is 17.0 Å². The Morgan fingerprint density at radius 1 is 0.925 bits per heavy atom. The molecule has 1 aromatic heterocycles. The van der Waals surface area contributed by atoms with E-state index in [0.29, 0.717) is 32.6 Å². The van der Waals surface area contributed by atoms with Crippen molar-refractivity contribution in [3.8, 4) is 11.1 Å². The minimum Gasteiger partial charge on any atom is -0.330 e. The molecule has 0 unspecified atom stereocenters. The molecule has 1 saturated carbocycles. The van der Waals surface area contributed by atoms with Gasteiger partial charge in [0.15, 0.2) is 0 Å². The molecular formula is C31H29ClF4N2OS. The highest BCUT2D eigenvalue weighted by Crippen LogP contribution is 2.38. The largest absolute Gasteiger partial charge is 0.416 e. The van der Waals surface area contributed by atoms with E-state index in [1.807, 2.05) is 38.4 Å². The molecule has 1 aliphatic rings. The highest BCUT2D eigenvalue weighted by Gasteiger charge is 2.33. The third-order valence-electron chi connectivity index (χ3n) is 7.76. The molecule has 0 atom stereocenters.